The molecule has 0 fully saturated rings. The molecule has 2 bridgehead atoms. The molecule has 2 aliphatic heterocycles. The average Bonchev–Trinajstić information content (AvgIpc) is 3.28. The zero-order valence-corrected chi connectivity index (χ0v) is 15.4. The Hall–Kier alpha value is -2.70. The molecule has 1 aromatic carbocycles. The van der Waals surface area contributed by atoms with Gasteiger partial charge in [-0.1, -0.05) is 42.5 Å². The Morgan fingerprint density at radius 2 is 1.96 bits per heavy atom. The van der Waals surface area contributed by atoms with Gasteiger partial charge in [-0.2, -0.15) is 0 Å². The molecule has 0 spiro atoms. The molecule has 6 heteroatoms. The van der Waals surface area contributed by atoms with Crippen molar-refractivity contribution in [2.45, 2.75) is 30.7 Å². The minimum atomic E-state index is -1.11. The first-order valence-corrected chi connectivity index (χ1v) is 8.74. The zero-order chi connectivity index (χ0) is 19.4. The topological polar surface area (TPSA) is 73.9 Å². The molecule has 0 aliphatic carbocycles. The van der Waals surface area contributed by atoms with Crippen molar-refractivity contribution in [3.8, 4) is 0 Å². The van der Waals surface area contributed by atoms with Crippen LogP contribution in [0.3, 0.4) is 0 Å². The van der Waals surface area contributed by atoms with E-state index in [0.29, 0.717) is 13.0 Å². The van der Waals surface area contributed by atoms with Crippen LogP contribution in [-0.4, -0.2) is 43.9 Å². The summed E-state index contributed by atoms with van der Waals surface area (Å²) in [6.45, 7) is 4.40. The number of benzene rings is 1. The highest BCUT2D eigenvalue weighted by Gasteiger charge is 2.57. The van der Waals surface area contributed by atoms with Gasteiger partial charge < -0.3 is 19.5 Å². The normalized spacial score (nSPS) is 24.0. The van der Waals surface area contributed by atoms with Crippen molar-refractivity contribution in [3.63, 3.8) is 0 Å². The average molecular weight is 369 g/mol. The summed E-state index contributed by atoms with van der Waals surface area (Å²) in [7, 11) is 2.56. The lowest BCUT2D eigenvalue weighted by molar-refractivity contribution is -0.139. The van der Waals surface area contributed by atoms with Crippen molar-refractivity contribution in [2.24, 2.45) is 0 Å². The lowest BCUT2D eigenvalue weighted by atomic mass is 9.80. The maximum atomic E-state index is 12.6. The van der Waals surface area contributed by atoms with E-state index in [1.165, 1.54) is 14.2 Å². The van der Waals surface area contributed by atoms with Crippen LogP contribution in [0.1, 0.15) is 12.0 Å². The fraction of sp³-hybridized carbons (Fsp3) is 0.333. The van der Waals surface area contributed by atoms with Crippen LogP contribution in [-0.2, 0) is 30.3 Å². The van der Waals surface area contributed by atoms with Gasteiger partial charge >= 0.3 is 11.9 Å². The summed E-state index contributed by atoms with van der Waals surface area (Å²) in [5.74, 6) is -1.19. The van der Waals surface area contributed by atoms with E-state index in [-0.39, 0.29) is 17.2 Å². The second-order valence-electron chi connectivity index (χ2n) is 6.41. The molecule has 1 N–H and O–H groups in total. The third-order valence-electron chi connectivity index (χ3n) is 4.90. The molecule has 0 aromatic heterocycles. The first-order valence-electron chi connectivity index (χ1n) is 8.74. The zero-order valence-electron chi connectivity index (χ0n) is 15.4. The smallest absolute Gasteiger partial charge is 0.337 e. The fourth-order valence-corrected chi connectivity index (χ4v) is 3.65. The number of carbonyl (C=O) groups is 2. The van der Waals surface area contributed by atoms with Gasteiger partial charge in [0.05, 0.1) is 25.4 Å². The molecule has 3 rings (SSSR count). The van der Waals surface area contributed by atoms with E-state index >= 15 is 0 Å². The summed E-state index contributed by atoms with van der Waals surface area (Å²) in [6, 6.07) is 9.58. The van der Waals surface area contributed by atoms with Crippen LogP contribution in [0.5, 0.6) is 0 Å². The molecule has 27 heavy (non-hydrogen) atoms. The number of esters is 2. The number of ether oxygens (including phenoxy) is 3. The first kappa shape index (κ1) is 19.1. The van der Waals surface area contributed by atoms with Gasteiger partial charge in [-0.25, -0.2) is 9.59 Å². The Balaban J connectivity index is 1.97. The van der Waals surface area contributed by atoms with Gasteiger partial charge in [0, 0.05) is 12.6 Å². The highest BCUT2D eigenvalue weighted by atomic mass is 16.6. The van der Waals surface area contributed by atoms with Crippen molar-refractivity contribution in [1.29, 1.82) is 0 Å². The molecule has 2 aliphatic rings. The number of hydrogen-bond acceptors (Lipinski definition) is 6. The van der Waals surface area contributed by atoms with Crippen LogP contribution in [0.4, 0.5) is 0 Å². The van der Waals surface area contributed by atoms with E-state index in [4.69, 9.17) is 14.2 Å². The summed E-state index contributed by atoms with van der Waals surface area (Å²) in [4.78, 5) is 24.9. The number of hydrogen-bond donors (Lipinski definition) is 1. The number of methoxy groups -OCH3 is 2. The Bertz CT molecular complexity index is 798. The predicted octanol–water partition coefficient (Wildman–Crippen LogP) is 2.07. The van der Waals surface area contributed by atoms with E-state index in [0.717, 1.165) is 5.56 Å². The van der Waals surface area contributed by atoms with Crippen LogP contribution in [0.2, 0.25) is 0 Å². The third kappa shape index (κ3) is 3.34. The van der Waals surface area contributed by atoms with Crippen LogP contribution in [0.25, 0.3) is 0 Å². The Kier molecular flexibility index (Phi) is 5.58. The van der Waals surface area contributed by atoms with Gasteiger partial charge in [0.2, 0.25) is 0 Å². The molecular formula is C21H23NO5. The molecule has 6 nitrogen and oxygen atoms in total. The molecular weight excluding hydrogens is 346 g/mol. The largest absolute Gasteiger partial charge is 0.466 e. The van der Waals surface area contributed by atoms with E-state index in [1.54, 1.807) is 12.2 Å². The van der Waals surface area contributed by atoms with Gasteiger partial charge in [0.15, 0.2) is 0 Å². The molecule has 2 heterocycles. The Labute approximate surface area is 158 Å². The van der Waals surface area contributed by atoms with Gasteiger partial charge in [-0.05, 0) is 18.1 Å². The van der Waals surface area contributed by atoms with E-state index < -0.39 is 23.6 Å². The first-order chi connectivity index (χ1) is 13.1. The van der Waals surface area contributed by atoms with Crippen LogP contribution >= 0.6 is 0 Å². The minimum absolute atomic E-state index is 0.191. The number of nitrogens with one attached hydrogen (secondary N) is 1. The maximum absolute atomic E-state index is 12.6. The van der Waals surface area contributed by atoms with Crippen LogP contribution < -0.4 is 5.32 Å². The van der Waals surface area contributed by atoms with Gasteiger partial charge in [0.1, 0.15) is 11.7 Å². The molecule has 0 amide bonds. The molecule has 0 unspecified atom stereocenters. The van der Waals surface area contributed by atoms with Crippen molar-refractivity contribution in [3.05, 3.63) is 71.8 Å². The van der Waals surface area contributed by atoms with Gasteiger partial charge in [0.25, 0.3) is 0 Å². The lowest BCUT2D eigenvalue weighted by Gasteiger charge is -2.34. The molecule has 0 saturated heterocycles. The van der Waals surface area contributed by atoms with Gasteiger partial charge in [-0.15, -0.1) is 6.58 Å². The van der Waals surface area contributed by atoms with Crippen molar-refractivity contribution in [1.82, 2.24) is 5.32 Å². The third-order valence-corrected chi connectivity index (χ3v) is 4.90. The quantitative estimate of drug-likeness (QED) is 0.559. The highest BCUT2D eigenvalue weighted by Crippen LogP contribution is 2.47. The summed E-state index contributed by atoms with van der Waals surface area (Å²) < 4.78 is 16.0. The molecule has 3 atom stereocenters. The summed E-state index contributed by atoms with van der Waals surface area (Å²) in [6.07, 6.45) is 5.25. The van der Waals surface area contributed by atoms with E-state index in [2.05, 4.69) is 11.9 Å². The predicted molar refractivity (Wildman–Crippen MR) is 99.7 cm³/mol. The minimum Gasteiger partial charge on any atom is -0.466 e. The second-order valence-corrected chi connectivity index (χ2v) is 6.41. The van der Waals surface area contributed by atoms with Gasteiger partial charge in [-0.3, -0.25) is 0 Å². The lowest BCUT2D eigenvalue weighted by Crippen LogP contribution is -2.51. The molecule has 142 valence electrons. The molecule has 0 radical (unpaired) electrons. The number of rotatable bonds is 8. The maximum Gasteiger partial charge on any atom is 0.337 e. The summed E-state index contributed by atoms with van der Waals surface area (Å²) in [5.41, 5.74) is 0.375. The number of carbonyl (C=O) groups excluding carboxylic acids is 2. The molecule has 0 saturated carbocycles. The highest BCUT2D eigenvalue weighted by molar-refractivity contribution is 6.05. The van der Waals surface area contributed by atoms with Crippen LogP contribution in [0.15, 0.2) is 66.3 Å². The van der Waals surface area contributed by atoms with Crippen molar-refractivity contribution >= 4 is 11.9 Å². The van der Waals surface area contributed by atoms with Crippen LogP contribution in [0, 0.1) is 0 Å². The summed E-state index contributed by atoms with van der Waals surface area (Å²) in [5, 5.41) is 3.44. The number of fused-ring (bicyclic) bond motifs is 2. The Morgan fingerprint density at radius 1 is 1.26 bits per heavy atom. The van der Waals surface area contributed by atoms with E-state index in [9.17, 15) is 9.59 Å². The summed E-state index contributed by atoms with van der Waals surface area (Å²) >= 11 is 0. The molecule has 1 aromatic rings. The second kappa shape index (κ2) is 7.90. The fourth-order valence-electron chi connectivity index (χ4n) is 3.65. The van der Waals surface area contributed by atoms with E-state index in [1.807, 2.05) is 36.4 Å². The SMILES string of the molecule is C=CC[C@@H](NCc1ccccc1)[C@@]12C=C[C@H](O1)C(C(=O)OC)=C2C(=O)OC. The van der Waals surface area contributed by atoms with Crippen molar-refractivity contribution in [2.75, 3.05) is 14.2 Å². The standard InChI is InChI=1S/C21H23NO5/c1-4-8-16(22-13-14-9-6-5-7-10-14)21-12-11-15(27-21)17(19(23)25-2)18(21)20(24)26-3/h4-7,9-12,15-16,22H,1,8,13H2,2-3H3/t15-,16+,21+/m0/s1. The Morgan fingerprint density at radius 3 is 2.59 bits per heavy atom. The monoisotopic (exact) mass is 369 g/mol. The van der Waals surface area contributed by atoms with Crippen molar-refractivity contribution < 1.29 is 23.8 Å².